The van der Waals surface area contributed by atoms with Crippen molar-refractivity contribution in [3.05, 3.63) is 71.1 Å². The summed E-state index contributed by atoms with van der Waals surface area (Å²) in [7, 11) is 1.80. The molecule has 3 heterocycles. The Kier molecular flexibility index (Phi) is 6.04. The van der Waals surface area contributed by atoms with Crippen molar-refractivity contribution in [3.8, 4) is 0 Å². The molecule has 1 aliphatic carbocycles. The summed E-state index contributed by atoms with van der Waals surface area (Å²) in [6.45, 7) is 0. The molecule has 35 heavy (non-hydrogen) atoms. The molecule has 0 radical (unpaired) electrons. The van der Waals surface area contributed by atoms with Gasteiger partial charge in [-0.25, -0.2) is 9.50 Å². The minimum Gasteiger partial charge on any atom is -0.371 e. The van der Waals surface area contributed by atoms with Crippen molar-refractivity contribution < 1.29 is 18.0 Å². The zero-order valence-electron chi connectivity index (χ0n) is 18.9. The van der Waals surface area contributed by atoms with E-state index in [1.807, 2.05) is 23.1 Å². The molecule has 10 heteroatoms. The number of pyridine rings is 2. The molecule has 0 bridgehead atoms. The number of amides is 1. The average Bonchev–Trinajstić information content (AvgIpc) is 3.27. The van der Waals surface area contributed by atoms with Crippen LogP contribution in [0, 0.1) is 0 Å². The third-order valence-corrected chi connectivity index (χ3v) is 6.84. The fourth-order valence-electron chi connectivity index (χ4n) is 4.73. The van der Waals surface area contributed by atoms with Gasteiger partial charge < -0.3 is 10.2 Å². The normalized spacial score (nSPS) is 18.7. The summed E-state index contributed by atoms with van der Waals surface area (Å²) in [5.74, 6) is -0.227. The molecular formula is C25H23ClF3N5O. The van der Waals surface area contributed by atoms with Gasteiger partial charge in [-0.1, -0.05) is 17.7 Å². The first-order valence-electron chi connectivity index (χ1n) is 11.3. The van der Waals surface area contributed by atoms with Crippen molar-refractivity contribution in [2.75, 3.05) is 11.9 Å². The van der Waals surface area contributed by atoms with Crippen molar-refractivity contribution in [3.63, 3.8) is 0 Å². The number of hydrogen-bond acceptors (Lipinski definition) is 4. The van der Waals surface area contributed by atoms with Gasteiger partial charge in [-0.2, -0.15) is 18.3 Å². The van der Waals surface area contributed by atoms with Gasteiger partial charge in [0.2, 0.25) is 0 Å². The molecule has 0 aliphatic heterocycles. The van der Waals surface area contributed by atoms with Gasteiger partial charge >= 0.3 is 6.18 Å². The van der Waals surface area contributed by atoms with E-state index in [1.165, 1.54) is 12.1 Å². The highest BCUT2D eigenvalue weighted by Gasteiger charge is 2.35. The van der Waals surface area contributed by atoms with Crippen LogP contribution in [-0.2, 0) is 6.18 Å². The Bertz CT molecular complexity index is 1360. The van der Waals surface area contributed by atoms with Crippen LogP contribution in [0.4, 0.5) is 18.9 Å². The molecule has 4 aromatic rings. The van der Waals surface area contributed by atoms with Crippen LogP contribution in [0.2, 0.25) is 5.02 Å². The van der Waals surface area contributed by atoms with Crippen LogP contribution in [0.3, 0.4) is 0 Å². The first-order valence-corrected chi connectivity index (χ1v) is 11.7. The van der Waals surface area contributed by atoms with Crippen molar-refractivity contribution in [1.29, 1.82) is 0 Å². The molecule has 1 amide bonds. The molecule has 0 atom stereocenters. The lowest BCUT2D eigenvalue weighted by molar-refractivity contribution is -0.140. The first kappa shape index (κ1) is 23.4. The minimum atomic E-state index is -4.55. The third kappa shape index (κ3) is 4.77. The topological polar surface area (TPSA) is 62.5 Å². The number of benzene rings is 1. The lowest BCUT2D eigenvalue weighted by Crippen LogP contribution is -2.43. The lowest BCUT2D eigenvalue weighted by Gasteiger charge is -2.36. The lowest BCUT2D eigenvalue weighted by atomic mass is 9.89. The smallest absolute Gasteiger partial charge is 0.371 e. The van der Waals surface area contributed by atoms with E-state index in [2.05, 4.69) is 15.4 Å². The number of aromatic nitrogens is 3. The Labute approximate surface area is 204 Å². The summed E-state index contributed by atoms with van der Waals surface area (Å²) in [4.78, 5) is 18.4. The highest BCUT2D eigenvalue weighted by molar-refractivity contribution is 6.31. The van der Waals surface area contributed by atoms with Gasteiger partial charge in [0, 0.05) is 41.4 Å². The number of carbonyl (C=O) groups is 1. The van der Waals surface area contributed by atoms with Gasteiger partial charge in [-0.05, 0) is 68.1 Å². The largest absolute Gasteiger partial charge is 0.433 e. The second-order valence-electron chi connectivity index (χ2n) is 8.88. The van der Waals surface area contributed by atoms with Crippen LogP contribution < -0.4 is 10.2 Å². The van der Waals surface area contributed by atoms with E-state index in [9.17, 15) is 18.0 Å². The van der Waals surface area contributed by atoms with Gasteiger partial charge in [-0.15, -0.1) is 0 Å². The van der Waals surface area contributed by atoms with E-state index in [4.69, 9.17) is 11.6 Å². The van der Waals surface area contributed by atoms with Crippen LogP contribution in [0.1, 0.15) is 41.9 Å². The monoisotopic (exact) mass is 501 g/mol. The third-order valence-electron chi connectivity index (χ3n) is 6.60. The van der Waals surface area contributed by atoms with Crippen molar-refractivity contribution in [1.82, 2.24) is 19.9 Å². The van der Waals surface area contributed by atoms with E-state index >= 15 is 0 Å². The van der Waals surface area contributed by atoms with Gasteiger partial charge in [0.1, 0.15) is 5.69 Å². The maximum atomic E-state index is 13.5. The number of fused-ring (bicyclic) bond motifs is 2. The maximum absolute atomic E-state index is 13.5. The second kappa shape index (κ2) is 9.03. The van der Waals surface area contributed by atoms with Crippen molar-refractivity contribution in [2.45, 2.75) is 43.9 Å². The summed E-state index contributed by atoms with van der Waals surface area (Å²) in [6.07, 6.45) is 0.0986. The zero-order chi connectivity index (χ0) is 24.7. The number of nitrogens with zero attached hydrogens (tertiary/aromatic N) is 4. The molecule has 1 N–H and O–H groups in total. The Morgan fingerprint density at radius 1 is 1.11 bits per heavy atom. The Balaban J connectivity index is 1.30. The SMILES string of the molecule is CN(c1cc(C(F)(F)F)nc2ccc(Cl)cc12)[C@H]1CC[C@@H](NC(=O)c2cc3ccccn3n2)CC1. The Morgan fingerprint density at radius 3 is 2.60 bits per heavy atom. The highest BCUT2D eigenvalue weighted by Crippen LogP contribution is 2.37. The molecule has 3 aromatic heterocycles. The summed E-state index contributed by atoms with van der Waals surface area (Å²) in [5, 5.41) is 8.38. The maximum Gasteiger partial charge on any atom is 0.433 e. The van der Waals surface area contributed by atoms with Crippen LogP contribution in [0.25, 0.3) is 16.4 Å². The van der Waals surface area contributed by atoms with E-state index in [0.29, 0.717) is 34.6 Å². The number of nitrogens with one attached hydrogen (secondary N) is 1. The predicted molar refractivity (Wildman–Crippen MR) is 129 cm³/mol. The predicted octanol–water partition coefficient (Wildman–Crippen LogP) is 5.73. The molecule has 6 nitrogen and oxygen atoms in total. The Morgan fingerprint density at radius 2 is 1.89 bits per heavy atom. The Hall–Kier alpha value is -3.33. The number of hydrogen-bond donors (Lipinski definition) is 1. The number of alkyl halides is 3. The fourth-order valence-corrected chi connectivity index (χ4v) is 4.90. The summed E-state index contributed by atoms with van der Waals surface area (Å²) in [5.41, 5.74) is 0.963. The van der Waals surface area contributed by atoms with Gasteiger partial charge in [0.15, 0.2) is 5.69 Å². The summed E-state index contributed by atoms with van der Waals surface area (Å²) < 4.78 is 42.2. The van der Waals surface area contributed by atoms with Crippen LogP contribution in [-0.4, -0.2) is 39.6 Å². The molecule has 1 aliphatic rings. The standard InChI is InChI=1S/C25H23ClF3N5O/c1-33(22-14-23(25(27,28)29)31-20-10-5-15(26)12-19(20)22)17-8-6-16(7-9-17)30-24(35)21-13-18-4-2-3-11-34(18)32-21/h2-5,10-14,16-17H,6-9H2,1H3,(H,30,35)/t16-,17+. The molecule has 5 rings (SSSR count). The summed E-state index contributed by atoms with van der Waals surface area (Å²) >= 11 is 6.14. The van der Waals surface area contributed by atoms with E-state index in [-0.39, 0.29) is 23.5 Å². The van der Waals surface area contributed by atoms with E-state index in [0.717, 1.165) is 24.4 Å². The summed E-state index contributed by atoms with van der Waals surface area (Å²) in [6, 6.07) is 13.1. The van der Waals surface area contributed by atoms with Gasteiger partial charge in [0.05, 0.1) is 11.0 Å². The fraction of sp³-hybridized carbons (Fsp3) is 0.320. The van der Waals surface area contributed by atoms with Gasteiger partial charge in [-0.3, -0.25) is 4.79 Å². The van der Waals surface area contributed by atoms with Crippen LogP contribution >= 0.6 is 11.6 Å². The molecule has 182 valence electrons. The molecule has 0 unspecified atom stereocenters. The van der Waals surface area contributed by atoms with Crippen LogP contribution in [0.5, 0.6) is 0 Å². The molecular weight excluding hydrogens is 479 g/mol. The first-order chi connectivity index (χ1) is 16.7. The second-order valence-corrected chi connectivity index (χ2v) is 9.31. The number of carbonyl (C=O) groups excluding carboxylic acids is 1. The number of halogens is 4. The zero-order valence-corrected chi connectivity index (χ0v) is 19.6. The molecule has 0 spiro atoms. The van der Waals surface area contributed by atoms with E-state index in [1.54, 1.807) is 29.9 Å². The van der Waals surface area contributed by atoms with E-state index < -0.39 is 11.9 Å². The molecule has 1 saturated carbocycles. The number of rotatable bonds is 4. The number of anilines is 1. The molecule has 0 saturated heterocycles. The quantitative estimate of drug-likeness (QED) is 0.388. The van der Waals surface area contributed by atoms with Crippen molar-refractivity contribution in [2.24, 2.45) is 0 Å². The molecule has 1 fully saturated rings. The highest BCUT2D eigenvalue weighted by atomic mass is 35.5. The van der Waals surface area contributed by atoms with Crippen LogP contribution in [0.15, 0.2) is 54.7 Å². The van der Waals surface area contributed by atoms with Gasteiger partial charge in [0.25, 0.3) is 5.91 Å². The average molecular weight is 502 g/mol. The molecule has 1 aromatic carbocycles. The van der Waals surface area contributed by atoms with Crippen molar-refractivity contribution >= 4 is 39.6 Å². The minimum absolute atomic E-state index is 0.0176.